The van der Waals surface area contributed by atoms with Crippen molar-refractivity contribution in [3.05, 3.63) is 22.4 Å². The Bertz CT molecular complexity index is 444. The molecule has 16 heavy (non-hydrogen) atoms. The summed E-state index contributed by atoms with van der Waals surface area (Å²) in [4.78, 5) is 12.2. The van der Waals surface area contributed by atoms with E-state index in [2.05, 4.69) is 0 Å². The molecule has 0 aliphatic rings. The van der Waals surface area contributed by atoms with Crippen LogP contribution in [0.2, 0.25) is 0 Å². The van der Waals surface area contributed by atoms with E-state index < -0.39 is 15.1 Å². The van der Waals surface area contributed by atoms with Gasteiger partial charge in [-0.25, -0.2) is 8.42 Å². The van der Waals surface area contributed by atoms with Crippen LogP contribution in [0.3, 0.4) is 0 Å². The molecule has 0 saturated carbocycles. The molecule has 90 valence electrons. The molecular weight excluding hydrogens is 244 g/mol. The molecule has 0 N–H and O–H groups in total. The first kappa shape index (κ1) is 13.4. The lowest BCUT2D eigenvalue weighted by atomic mass is 10.2. The van der Waals surface area contributed by atoms with Gasteiger partial charge in [-0.15, -0.1) is 11.3 Å². The van der Waals surface area contributed by atoms with Crippen LogP contribution in [-0.2, 0) is 9.84 Å². The summed E-state index contributed by atoms with van der Waals surface area (Å²) in [7, 11) is -3.33. The maximum Gasteiger partial charge on any atom is 0.187 e. The Kier molecular flexibility index (Phi) is 4.27. The van der Waals surface area contributed by atoms with Crippen molar-refractivity contribution < 1.29 is 13.2 Å². The third-order valence-electron chi connectivity index (χ3n) is 2.63. The van der Waals surface area contributed by atoms with E-state index >= 15 is 0 Å². The highest BCUT2D eigenvalue weighted by Crippen LogP contribution is 2.16. The number of rotatable bonds is 5. The first-order valence-corrected chi connectivity index (χ1v) is 7.72. The van der Waals surface area contributed by atoms with Crippen molar-refractivity contribution in [2.24, 2.45) is 5.92 Å². The highest BCUT2D eigenvalue weighted by Gasteiger charge is 2.27. The summed E-state index contributed by atoms with van der Waals surface area (Å²) in [6.45, 7) is 5.34. The highest BCUT2D eigenvalue weighted by molar-refractivity contribution is 7.92. The number of carbonyl (C=O) groups is 1. The molecule has 0 fully saturated rings. The monoisotopic (exact) mass is 260 g/mol. The fourth-order valence-electron chi connectivity index (χ4n) is 1.24. The van der Waals surface area contributed by atoms with Gasteiger partial charge in [0.05, 0.1) is 10.1 Å². The topological polar surface area (TPSA) is 51.2 Å². The Morgan fingerprint density at radius 2 is 2.00 bits per heavy atom. The minimum Gasteiger partial charge on any atom is -0.292 e. The van der Waals surface area contributed by atoms with E-state index in [-0.39, 0.29) is 17.5 Å². The maximum absolute atomic E-state index is 11.9. The first-order valence-electron chi connectivity index (χ1n) is 5.13. The van der Waals surface area contributed by atoms with Crippen LogP contribution in [0.15, 0.2) is 17.5 Å². The zero-order chi connectivity index (χ0) is 12.3. The highest BCUT2D eigenvalue weighted by atomic mass is 32.2. The second-order valence-corrected chi connectivity index (χ2v) is 7.46. The lowest BCUT2D eigenvalue weighted by Crippen LogP contribution is -2.29. The van der Waals surface area contributed by atoms with Crippen LogP contribution in [0, 0.1) is 5.92 Å². The number of sulfone groups is 1. The van der Waals surface area contributed by atoms with Crippen molar-refractivity contribution >= 4 is 27.0 Å². The van der Waals surface area contributed by atoms with Gasteiger partial charge in [0.2, 0.25) is 0 Å². The normalized spacial score (nSPS) is 14.0. The van der Waals surface area contributed by atoms with Gasteiger partial charge >= 0.3 is 0 Å². The Morgan fingerprint density at radius 3 is 2.44 bits per heavy atom. The molecule has 0 aromatic carbocycles. The number of ketones is 1. The third kappa shape index (κ3) is 3.15. The molecule has 0 saturated heterocycles. The predicted octanol–water partition coefficient (Wildman–Crippen LogP) is 2.39. The molecule has 1 aromatic heterocycles. The lowest BCUT2D eigenvalue weighted by Gasteiger charge is -2.15. The second kappa shape index (κ2) is 5.10. The summed E-state index contributed by atoms with van der Waals surface area (Å²) >= 11 is 1.28. The summed E-state index contributed by atoms with van der Waals surface area (Å²) in [5.41, 5.74) is 0. The van der Waals surface area contributed by atoms with Gasteiger partial charge in [0, 0.05) is 0 Å². The van der Waals surface area contributed by atoms with Gasteiger partial charge in [0.15, 0.2) is 15.6 Å². The van der Waals surface area contributed by atoms with Gasteiger partial charge in [-0.3, -0.25) is 4.79 Å². The Hall–Kier alpha value is -0.680. The van der Waals surface area contributed by atoms with Crippen molar-refractivity contribution in [3.63, 3.8) is 0 Å². The van der Waals surface area contributed by atoms with Gasteiger partial charge in [-0.1, -0.05) is 19.9 Å². The molecule has 0 amide bonds. The summed E-state index contributed by atoms with van der Waals surface area (Å²) in [5.74, 6) is -0.656. The number of thiophene rings is 1. The molecule has 0 radical (unpaired) electrons. The average molecular weight is 260 g/mol. The van der Waals surface area contributed by atoms with Crippen LogP contribution in [0.1, 0.15) is 30.4 Å². The summed E-state index contributed by atoms with van der Waals surface area (Å²) < 4.78 is 23.7. The van der Waals surface area contributed by atoms with Crippen molar-refractivity contribution in [1.82, 2.24) is 0 Å². The molecule has 0 spiro atoms. The molecule has 1 heterocycles. The van der Waals surface area contributed by atoms with Crippen molar-refractivity contribution in [1.29, 1.82) is 0 Å². The quantitative estimate of drug-likeness (QED) is 0.764. The van der Waals surface area contributed by atoms with Crippen LogP contribution in [0.25, 0.3) is 0 Å². The number of hydrogen-bond donors (Lipinski definition) is 0. The summed E-state index contributed by atoms with van der Waals surface area (Å²) in [6.07, 6.45) is 0. The van der Waals surface area contributed by atoms with Crippen LogP contribution < -0.4 is 0 Å². The van der Waals surface area contributed by atoms with Gasteiger partial charge in [0.25, 0.3) is 0 Å². The molecule has 1 aromatic rings. The van der Waals surface area contributed by atoms with E-state index in [9.17, 15) is 13.2 Å². The zero-order valence-corrected chi connectivity index (χ0v) is 11.3. The second-order valence-electron chi connectivity index (χ2n) is 4.16. The molecular formula is C11H16O3S2. The Balaban J connectivity index is 2.78. The maximum atomic E-state index is 11.9. The number of Topliss-reactive ketones (excluding diaryl/α,β-unsaturated/α-hetero) is 1. The van der Waals surface area contributed by atoms with E-state index in [1.54, 1.807) is 24.4 Å². The number of carbonyl (C=O) groups excluding carboxylic acids is 1. The molecule has 1 rings (SSSR count). The van der Waals surface area contributed by atoms with Gasteiger partial charge in [0.1, 0.15) is 5.75 Å². The van der Waals surface area contributed by atoms with E-state index in [1.165, 1.54) is 11.3 Å². The Labute approximate surface area is 100 Å². The fourth-order valence-corrected chi connectivity index (χ4v) is 3.61. The minimum atomic E-state index is -3.33. The van der Waals surface area contributed by atoms with Crippen molar-refractivity contribution in [2.45, 2.75) is 26.0 Å². The molecule has 0 aliphatic carbocycles. The average Bonchev–Trinajstić information content (AvgIpc) is 2.68. The minimum absolute atomic E-state index is 0.0288. The van der Waals surface area contributed by atoms with Crippen molar-refractivity contribution in [2.75, 3.05) is 5.75 Å². The molecule has 1 atom stereocenters. The van der Waals surface area contributed by atoms with Crippen LogP contribution in [-0.4, -0.2) is 25.2 Å². The van der Waals surface area contributed by atoms with Crippen LogP contribution >= 0.6 is 11.3 Å². The van der Waals surface area contributed by atoms with Gasteiger partial charge in [-0.2, -0.15) is 0 Å². The molecule has 5 heteroatoms. The van der Waals surface area contributed by atoms with Gasteiger partial charge < -0.3 is 0 Å². The lowest BCUT2D eigenvalue weighted by molar-refractivity contribution is 0.102. The molecule has 0 aliphatic heterocycles. The zero-order valence-electron chi connectivity index (χ0n) is 9.64. The largest absolute Gasteiger partial charge is 0.292 e. The van der Waals surface area contributed by atoms with E-state index in [1.807, 2.05) is 13.8 Å². The predicted molar refractivity (Wildman–Crippen MR) is 66.7 cm³/mol. The summed E-state index contributed by atoms with van der Waals surface area (Å²) in [5, 5.41) is 1.29. The molecule has 1 unspecified atom stereocenters. The SMILES string of the molecule is CC(C)C(C)S(=O)(=O)CC(=O)c1cccs1. The van der Waals surface area contributed by atoms with E-state index in [4.69, 9.17) is 0 Å². The number of hydrogen-bond acceptors (Lipinski definition) is 4. The van der Waals surface area contributed by atoms with E-state index in [0.717, 1.165) is 0 Å². The first-order chi connectivity index (χ1) is 7.34. The third-order valence-corrected chi connectivity index (χ3v) is 5.89. The molecule has 3 nitrogen and oxygen atoms in total. The smallest absolute Gasteiger partial charge is 0.187 e. The van der Waals surface area contributed by atoms with Crippen molar-refractivity contribution in [3.8, 4) is 0 Å². The molecule has 0 bridgehead atoms. The standard InChI is InChI=1S/C11H16O3S2/c1-8(2)9(3)16(13,14)7-10(12)11-5-4-6-15-11/h4-6,8-9H,7H2,1-3H3. The summed E-state index contributed by atoms with van der Waals surface area (Å²) in [6, 6.07) is 3.40. The van der Waals surface area contributed by atoms with Crippen LogP contribution in [0.4, 0.5) is 0 Å². The van der Waals surface area contributed by atoms with Crippen LogP contribution in [0.5, 0.6) is 0 Å². The fraction of sp³-hybridized carbons (Fsp3) is 0.545. The van der Waals surface area contributed by atoms with Gasteiger partial charge in [-0.05, 0) is 24.3 Å². The van der Waals surface area contributed by atoms with E-state index in [0.29, 0.717) is 4.88 Å². The Morgan fingerprint density at radius 1 is 1.38 bits per heavy atom.